The zero-order valence-electron chi connectivity index (χ0n) is 46.2. The molecule has 0 aromatic carbocycles. The number of allylic oxidation sites excluding steroid dienone is 18. The van der Waals surface area contributed by atoms with Crippen molar-refractivity contribution >= 4 is 17.9 Å². The van der Waals surface area contributed by atoms with E-state index in [-0.39, 0.29) is 31.1 Å². The van der Waals surface area contributed by atoms with Crippen molar-refractivity contribution in [2.24, 2.45) is 0 Å². The summed E-state index contributed by atoms with van der Waals surface area (Å²) >= 11 is 0. The first-order valence-electron chi connectivity index (χ1n) is 29.4. The molecule has 0 aliphatic carbocycles. The van der Waals surface area contributed by atoms with E-state index in [1.54, 1.807) is 0 Å². The fraction of sp³-hybridized carbons (Fsp3) is 0.677. The highest BCUT2D eigenvalue weighted by molar-refractivity contribution is 5.71. The molecule has 404 valence electrons. The summed E-state index contributed by atoms with van der Waals surface area (Å²) in [7, 11) is 0. The summed E-state index contributed by atoms with van der Waals surface area (Å²) in [5.74, 6) is -0.923. The molecule has 0 rings (SSSR count). The van der Waals surface area contributed by atoms with E-state index in [1.807, 2.05) is 0 Å². The number of esters is 3. The van der Waals surface area contributed by atoms with Gasteiger partial charge in [0, 0.05) is 19.3 Å². The van der Waals surface area contributed by atoms with E-state index < -0.39 is 6.10 Å². The Morgan fingerprint density at radius 1 is 0.296 bits per heavy atom. The Bertz CT molecular complexity index is 1460. The van der Waals surface area contributed by atoms with Gasteiger partial charge in [-0.1, -0.05) is 246 Å². The summed E-state index contributed by atoms with van der Waals surface area (Å²) < 4.78 is 16.8. The lowest BCUT2D eigenvalue weighted by Gasteiger charge is -2.18. The first-order chi connectivity index (χ1) is 35.0. The van der Waals surface area contributed by atoms with Crippen LogP contribution >= 0.6 is 0 Å². The Balaban J connectivity index is 4.32. The maximum absolute atomic E-state index is 12.8. The van der Waals surface area contributed by atoms with Gasteiger partial charge in [0.2, 0.25) is 0 Å². The summed E-state index contributed by atoms with van der Waals surface area (Å²) in [5.41, 5.74) is 0. The molecule has 0 bridgehead atoms. The van der Waals surface area contributed by atoms with Gasteiger partial charge in [-0.15, -0.1) is 0 Å². The Hall–Kier alpha value is -3.93. The summed E-state index contributed by atoms with van der Waals surface area (Å²) in [5, 5.41) is 0. The maximum atomic E-state index is 12.8. The fourth-order valence-electron chi connectivity index (χ4n) is 7.86. The molecule has 0 fully saturated rings. The first kappa shape index (κ1) is 67.1. The van der Waals surface area contributed by atoms with Gasteiger partial charge in [-0.25, -0.2) is 0 Å². The van der Waals surface area contributed by atoms with Gasteiger partial charge >= 0.3 is 17.9 Å². The number of unbranched alkanes of at least 4 members (excludes halogenated alkanes) is 23. The molecule has 6 heteroatoms. The maximum Gasteiger partial charge on any atom is 0.306 e. The summed E-state index contributed by atoms with van der Waals surface area (Å²) in [6, 6.07) is 0. The minimum atomic E-state index is -0.792. The van der Waals surface area contributed by atoms with Crippen molar-refractivity contribution in [1.29, 1.82) is 0 Å². The van der Waals surface area contributed by atoms with Gasteiger partial charge in [0.05, 0.1) is 0 Å². The highest BCUT2D eigenvalue weighted by atomic mass is 16.6. The second-order valence-electron chi connectivity index (χ2n) is 19.2. The third-order valence-corrected chi connectivity index (χ3v) is 12.3. The van der Waals surface area contributed by atoms with Crippen LogP contribution in [0, 0.1) is 0 Å². The Labute approximate surface area is 438 Å². The van der Waals surface area contributed by atoms with E-state index in [9.17, 15) is 14.4 Å². The summed E-state index contributed by atoms with van der Waals surface area (Å²) in [6.07, 6.45) is 79.4. The minimum Gasteiger partial charge on any atom is -0.462 e. The van der Waals surface area contributed by atoms with Crippen LogP contribution in [0.2, 0.25) is 0 Å². The van der Waals surface area contributed by atoms with Crippen molar-refractivity contribution in [2.75, 3.05) is 13.2 Å². The van der Waals surface area contributed by atoms with E-state index in [0.717, 1.165) is 135 Å². The van der Waals surface area contributed by atoms with Crippen LogP contribution in [0.15, 0.2) is 109 Å². The molecule has 0 heterocycles. The largest absolute Gasteiger partial charge is 0.462 e. The van der Waals surface area contributed by atoms with Gasteiger partial charge in [0.1, 0.15) is 13.2 Å². The normalized spacial score (nSPS) is 12.9. The van der Waals surface area contributed by atoms with Crippen molar-refractivity contribution < 1.29 is 28.6 Å². The van der Waals surface area contributed by atoms with Crippen molar-refractivity contribution in [3.8, 4) is 0 Å². The Kier molecular flexibility index (Phi) is 55.4. The van der Waals surface area contributed by atoms with Crippen molar-refractivity contribution in [3.05, 3.63) is 109 Å². The summed E-state index contributed by atoms with van der Waals surface area (Å²) in [4.78, 5) is 38.1. The molecular formula is C65H108O6. The van der Waals surface area contributed by atoms with Crippen LogP contribution in [0.1, 0.15) is 265 Å². The molecule has 6 nitrogen and oxygen atoms in total. The van der Waals surface area contributed by atoms with Crippen LogP contribution in [-0.2, 0) is 28.6 Å². The van der Waals surface area contributed by atoms with Crippen LogP contribution in [0.5, 0.6) is 0 Å². The van der Waals surface area contributed by atoms with Crippen molar-refractivity contribution in [3.63, 3.8) is 0 Å². The molecule has 0 aliphatic heterocycles. The van der Waals surface area contributed by atoms with E-state index >= 15 is 0 Å². The predicted molar refractivity (Wildman–Crippen MR) is 307 cm³/mol. The molecule has 1 atom stereocenters. The molecule has 0 aliphatic rings. The third-order valence-electron chi connectivity index (χ3n) is 12.3. The smallest absolute Gasteiger partial charge is 0.306 e. The van der Waals surface area contributed by atoms with Crippen molar-refractivity contribution in [2.45, 2.75) is 271 Å². The Morgan fingerprint density at radius 2 is 0.549 bits per heavy atom. The third kappa shape index (κ3) is 56.9. The van der Waals surface area contributed by atoms with Crippen LogP contribution in [0.25, 0.3) is 0 Å². The van der Waals surface area contributed by atoms with E-state index in [2.05, 4.69) is 130 Å². The number of hydrogen-bond acceptors (Lipinski definition) is 6. The van der Waals surface area contributed by atoms with Gasteiger partial charge in [0.15, 0.2) is 6.10 Å². The van der Waals surface area contributed by atoms with Crippen LogP contribution in [0.3, 0.4) is 0 Å². The number of ether oxygens (including phenoxy) is 3. The molecule has 0 saturated heterocycles. The second-order valence-corrected chi connectivity index (χ2v) is 19.2. The molecule has 0 aromatic heterocycles. The quantitative estimate of drug-likeness (QED) is 0.0261. The number of carbonyl (C=O) groups is 3. The first-order valence-corrected chi connectivity index (χ1v) is 29.4. The highest BCUT2D eigenvalue weighted by Crippen LogP contribution is 2.15. The number of hydrogen-bond donors (Lipinski definition) is 0. The number of rotatable bonds is 52. The fourth-order valence-corrected chi connectivity index (χ4v) is 7.86. The molecular weight excluding hydrogens is 877 g/mol. The van der Waals surface area contributed by atoms with Crippen LogP contribution in [-0.4, -0.2) is 37.2 Å². The summed E-state index contributed by atoms with van der Waals surface area (Å²) in [6.45, 7) is 6.47. The molecule has 71 heavy (non-hydrogen) atoms. The lowest BCUT2D eigenvalue weighted by atomic mass is 10.0. The van der Waals surface area contributed by atoms with Gasteiger partial charge < -0.3 is 14.2 Å². The van der Waals surface area contributed by atoms with Gasteiger partial charge in [-0.2, -0.15) is 0 Å². The average Bonchev–Trinajstić information content (AvgIpc) is 3.37. The zero-order valence-corrected chi connectivity index (χ0v) is 46.2. The topological polar surface area (TPSA) is 78.9 Å². The van der Waals surface area contributed by atoms with Gasteiger partial charge in [-0.05, 0) is 109 Å². The van der Waals surface area contributed by atoms with Gasteiger partial charge in [-0.3, -0.25) is 14.4 Å². The predicted octanol–water partition coefficient (Wildman–Crippen LogP) is 19.9. The van der Waals surface area contributed by atoms with Gasteiger partial charge in [0.25, 0.3) is 0 Å². The highest BCUT2D eigenvalue weighted by Gasteiger charge is 2.19. The zero-order chi connectivity index (χ0) is 51.4. The van der Waals surface area contributed by atoms with E-state index in [1.165, 1.54) is 89.9 Å². The standard InChI is InChI=1S/C65H108O6/c1-4-7-10-13-16-19-22-25-26-27-28-29-30-31-32-33-34-35-36-37-38-39-40-41-44-46-49-52-55-58-64(67)70-61-62(71-65(68)59-56-53-50-47-43-24-21-18-15-12-9-6-3)60-69-63(66)57-54-51-48-45-42-23-20-17-14-11-8-5-2/h7,10,16,18-19,21,25-26,28-29,31-32,34-35,37-38,40-41,62H,4-6,8-9,11-15,17,20,22-24,27,30,33,36,39,42-61H2,1-3H3/b10-7-,19-16-,21-18-,26-25-,29-28-,32-31-,35-34-,38-37-,41-40-. The number of carbonyl (C=O) groups excluding carboxylic acids is 3. The molecule has 0 N–H and O–H groups in total. The monoisotopic (exact) mass is 985 g/mol. The molecule has 0 radical (unpaired) electrons. The SMILES string of the molecule is CC/C=C\C/C=C\C/C=C\C/C=C\C/C=C\C/C=C\C/C=C\C/C=C\CCCCCCC(=O)OCC(COC(=O)CCCCCCCCCCCCCC)OC(=O)CCCCCCC/C=C\CCCCC. The van der Waals surface area contributed by atoms with Crippen LogP contribution < -0.4 is 0 Å². The Morgan fingerprint density at radius 3 is 0.901 bits per heavy atom. The van der Waals surface area contributed by atoms with E-state index in [4.69, 9.17) is 14.2 Å². The second kappa shape index (κ2) is 58.6. The lowest BCUT2D eigenvalue weighted by molar-refractivity contribution is -0.167. The van der Waals surface area contributed by atoms with E-state index in [0.29, 0.717) is 19.3 Å². The minimum absolute atomic E-state index is 0.0884. The molecule has 0 spiro atoms. The molecule has 0 saturated carbocycles. The van der Waals surface area contributed by atoms with Crippen molar-refractivity contribution in [1.82, 2.24) is 0 Å². The molecule has 0 amide bonds. The lowest BCUT2D eigenvalue weighted by Crippen LogP contribution is -2.30. The molecule has 1 unspecified atom stereocenters. The van der Waals surface area contributed by atoms with Crippen LogP contribution in [0.4, 0.5) is 0 Å². The average molecular weight is 986 g/mol. The molecule has 0 aromatic rings.